The van der Waals surface area contributed by atoms with Gasteiger partial charge in [0.05, 0.1) is 40.3 Å². The summed E-state index contributed by atoms with van der Waals surface area (Å²) in [6, 6.07) is 0. The van der Waals surface area contributed by atoms with E-state index in [1.165, 1.54) is 116 Å². The number of rotatable bonds is 52. The summed E-state index contributed by atoms with van der Waals surface area (Å²) in [6.07, 6.45) is 63.8. The summed E-state index contributed by atoms with van der Waals surface area (Å²) in [7, 11) is 5.91. The second-order valence-corrected chi connectivity index (χ2v) is 20.2. The molecule has 0 saturated heterocycles. The molecule has 0 aliphatic carbocycles. The summed E-state index contributed by atoms with van der Waals surface area (Å²) in [4.78, 5) is 37.2. The number of carbonyl (C=O) groups is 3. The molecule has 2 unspecified atom stereocenters. The number of unbranched alkanes of at least 4 members (excludes halogenated alkanes) is 25. The molecule has 0 rings (SSSR count). The fourth-order valence-electron chi connectivity index (χ4n) is 7.79. The van der Waals surface area contributed by atoms with Gasteiger partial charge in [0, 0.05) is 12.8 Å². The molecule has 9 heteroatoms. The van der Waals surface area contributed by atoms with Crippen LogP contribution in [0.4, 0.5) is 0 Å². The summed E-state index contributed by atoms with van der Waals surface area (Å²) in [5, 5.41) is 11.8. The number of hydrogen-bond donors (Lipinski definition) is 0. The monoisotopic (exact) mass is 982 g/mol. The van der Waals surface area contributed by atoms with E-state index in [0.717, 1.165) is 89.9 Å². The molecule has 0 radical (unpaired) electrons. The first-order valence-corrected chi connectivity index (χ1v) is 28.6. The molecule has 0 aromatic heterocycles. The van der Waals surface area contributed by atoms with E-state index < -0.39 is 24.3 Å². The molecular weight excluding hydrogens is 875 g/mol. The van der Waals surface area contributed by atoms with Crippen LogP contribution in [0.5, 0.6) is 0 Å². The van der Waals surface area contributed by atoms with Crippen molar-refractivity contribution >= 4 is 17.9 Å². The van der Waals surface area contributed by atoms with Gasteiger partial charge in [-0.25, -0.2) is 0 Å². The standard InChI is InChI=1S/C61H107NO8/c1-6-8-10-12-14-16-18-20-22-24-25-26-27-28-29-30-31-32-33-34-35-36-38-40-42-44-46-48-50-52-59(64)70-57(56-69-61(60(65)66)67-54-53-62(3,4)5)55-68-58(63)51-49-47-45-43-41-39-37-23-21-19-17-15-13-11-9-7-2/h8,10,14,16-17,19-20,22-23,25-26,37,57,61H,6-7,9,11-13,15,18,21,24,27-36,38-56H2,1-5H3/b10-8-,16-14-,19-17-,22-20-,26-25-,37-23-. The molecule has 0 aliphatic rings. The van der Waals surface area contributed by atoms with Crippen LogP contribution in [0, 0.1) is 0 Å². The summed E-state index contributed by atoms with van der Waals surface area (Å²) >= 11 is 0. The predicted octanol–water partition coefficient (Wildman–Crippen LogP) is 15.3. The zero-order valence-electron chi connectivity index (χ0n) is 45.9. The van der Waals surface area contributed by atoms with E-state index in [-0.39, 0.29) is 38.6 Å². The lowest BCUT2D eigenvalue weighted by Gasteiger charge is -2.26. The number of carbonyl (C=O) groups excluding carboxylic acids is 3. The van der Waals surface area contributed by atoms with Crippen LogP contribution < -0.4 is 5.11 Å². The van der Waals surface area contributed by atoms with Crippen molar-refractivity contribution in [2.24, 2.45) is 0 Å². The van der Waals surface area contributed by atoms with Crippen molar-refractivity contribution in [3.05, 3.63) is 72.9 Å². The van der Waals surface area contributed by atoms with Crippen molar-refractivity contribution in [2.45, 2.75) is 251 Å². The van der Waals surface area contributed by atoms with Gasteiger partial charge in [0.25, 0.3) is 0 Å². The first-order valence-electron chi connectivity index (χ1n) is 28.6. The van der Waals surface area contributed by atoms with Crippen LogP contribution >= 0.6 is 0 Å². The predicted molar refractivity (Wildman–Crippen MR) is 292 cm³/mol. The third kappa shape index (κ3) is 52.6. The third-order valence-corrected chi connectivity index (χ3v) is 12.2. The molecule has 0 aromatic carbocycles. The molecule has 0 saturated carbocycles. The van der Waals surface area contributed by atoms with Crippen LogP contribution in [-0.4, -0.2) is 82.3 Å². The lowest BCUT2D eigenvalue weighted by Crippen LogP contribution is -2.44. The number of hydrogen-bond acceptors (Lipinski definition) is 8. The number of nitrogens with zero attached hydrogens (tertiary/aromatic N) is 1. The lowest BCUT2D eigenvalue weighted by molar-refractivity contribution is -0.870. The van der Waals surface area contributed by atoms with Gasteiger partial charge in [-0.2, -0.15) is 0 Å². The molecule has 0 spiro atoms. The van der Waals surface area contributed by atoms with Gasteiger partial charge in [-0.3, -0.25) is 9.59 Å². The molecule has 2 atom stereocenters. The maximum absolute atomic E-state index is 12.9. The minimum absolute atomic E-state index is 0.144. The number of aliphatic carboxylic acids is 1. The normalized spacial score (nSPS) is 13.3. The van der Waals surface area contributed by atoms with Gasteiger partial charge in [0.15, 0.2) is 12.4 Å². The molecule has 0 aromatic rings. The Morgan fingerprint density at radius 2 is 0.814 bits per heavy atom. The fraction of sp³-hybridized carbons (Fsp3) is 0.754. The molecule has 404 valence electrons. The Balaban J connectivity index is 4.20. The fourth-order valence-corrected chi connectivity index (χ4v) is 7.79. The Morgan fingerprint density at radius 3 is 1.21 bits per heavy atom. The highest BCUT2D eigenvalue weighted by molar-refractivity contribution is 5.70. The van der Waals surface area contributed by atoms with Crippen LogP contribution in [0.2, 0.25) is 0 Å². The summed E-state index contributed by atoms with van der Waals surface area (Å²) in [6.45, 7) is 4.61. The molecule has 9 nitrogen and oxygen atoms in total. The quantitative estimate of drug-likeness (QED) is 0.0195. The zero-order chi connectivity index (χ0) is 51.3. The Kier molecular flexibility index (Phi) is 49.6. The highest BCUT2D eigenvalue weighted by Gasteiger charge is 2.22. The highest BCUT2D eigenvalue weighted by Crippen LogP contribution is 2.16. The van der Waals surface area contributed by atoms with Crippen LogP contribution in [0.25, 0.3) is 0 Å². The average Bonchev–Trinajstić information content (AvgIpc) is 3.33. The van der Waals surface area contributed by atoms with Gasteiger partial charge in [0.2, 0.25) is 0 Å². The largest absolute Gasteiger partial charge is 0.545 e. The van der Waals surface area contributed by atoms with Crippen LogP contribution in [0.3, 0.4) is 0 Å². The molecule has 0 bridgehead atoms. The second kappa shape index (κ2) is 52.1. The second-order valence-electron chi connectivity index (χ2n) is 20.2. The van der Waals surface area contributed by atoms with Crippen molar-refractivity contribution in [2.75, 3.05) is 47.5 Å². The topological polar surface area (TPSA) is 111 Å². The minimum Gasteiger partial charge on any atom is -0.545 e. The van der Waals surface area contributed by atoms with Crippen LogP contribution in [0.1, 0.15) is 239 Å². The van der Waals surface area contributed by atoms with Gasteiger partial charge in [-0.15, -0.1) is 0 Å². The highest BCUT2D eigenvalue weighted by atomic mass is 16.7. The van der Waals surface area contributed by atoms with Crippen molar-refractivity contribution in [3.63, 3.8) is 0 Å². The van der Waals surface area contributed by atoms with Crippen molar-refractivity contribution in [3.8, 4) is 0 Å². The van der Waals surface area contributed by atoms with E-state index in [9.17, 15) is 19.5 Å². The number of quaternary nitrogens is 1. The summed E-state index contributed by atoms with van der Waals surface area (Å²) in [5.41, 5.74) is 0. The van der Waals surface area contributed by atoms with Crippen molar-refractivity contribution in [1.82, 2.24) is 0 Å². The van der Waals surface area contributed by atoms with Gasteiger partial charge >= 0.3 is 11.9 Å². The molecule has 0 aliphatic heterocycles. The number of esters is 2. The molecule has 70 heavy (non-hydrogen) atoms. The number of carboxylic acids is 1. The number of ether oxygens (including phenoxy) is 4. The minimum atomic E-state index is -1.63. The number of carboxylic acid groups (broad SMARTS) is 1. The molecule has 0 amide bonds. The zero-order valence-corrected chi connectivity index (χ0v) is 45.9. The van der Waals surface area contributed by atoms with Gasteiger partial charge < -0.3 is 33.3 Å². The Labute approximate surface area is 430 Å². The third-order valence-electron chi connectivity index (χ3n) is 12.2. The van der Waals surface area contributed by atoms with Crippen LogP contribution in [-0.2, 0) is 33.3 Å². The van der Waals surface area contributed by atoms with Gasteiger partial charge in [-0.1, -0.05) is 215 Å². The van der Waals surface area contributed by atoms with E-state index in [0.29, 0.717) is 17.4 Å². The van der Waals surface area contributed by atoms with E-state index in [2.05, 4.69) is 86.8 Å². The summed E-state index contributed by atoms with van der Waals surface area (Å²) in [5.74, 6) is -2.30. The Bertz CT molecular complexity index is 1380. The van der Waals surface area contributed by atoms with E-state index in [1.54, 1.807) is 0 Å². The van der Waals surface area contributed by atoms with Gasteiger partial charge in [0.1, 0.15) is 13.2 Å². The first-order chi connectivity index (χ1) is 34.1. The average molecular weight is 983 g/mol. The number of allylic oxidation sites excluding steroid dienone is 12. The van der Waals surface area contributed by atoms with Crippen LogP contribution in [0.15, 0.2) is 72.9 Å². The molecule has 0 N–H and O–H groups in total. The SMILES string of the molecule is CC/C=C\C/C=C\C/C=C\C/C=C\CCCCCCCCCCCCCCCCCCC(=O)OC(COC(=O)CCCCCCC/C=C\C/C=C\CCCCCC)COC(OCC[N+](C)(C)C)C(=O)[O-]. The Hall–Kier alpha value is -3.27. The van der Waals surface area contributed by atoms with E-state index >= 15 is 0 Å². The molecule has 0 fully saturated rings. The molecule has 0 heterocycles. The molecular formula is C61H107NO8. The maximum Gasteiger partial charge on any atom is 0.306 e. The first kappa shape index (κ1) is 66.7. The van der Waals surface area contributed by atoms with Crippen molar-refractivity contribution < 1.29 is 42.9 Å². The Morgan fingerprint density at radius 1 is 0.443 bits per heavy atom. The summed E-state index contributed by atoms with van der Waals surface area (Å²) < 4.78 is 22.7. The maximum atomic E-state index is 12.9. The number of likely N-dealkylation sites (N-methyl/N-ethyl adjacent to an activating group) is 1. The van der Waals surface area contributed by atoms with E-state index in [1.807, 2.05) is 21.1 Å². The van der Waals surface area contributed by atoms with E-state index in [4.69, 9.17) is 18.9 Å². The van der Waals surface area contributed by atoms with Crippen molar-refractivity contribution in [1.29, 1.82) is 0 Å². The smallest absolute Gasteiger partial charge is 0.306 e. The lowest BCUT2D eigenvalue weighted by atomic mass is 10.0. The van der Waals surface area contributed by atoms with Gasteiger partial charge in [-0.05, 0) is 83.5 Å².